The lowest BCUT2D eigenvalue weighted by molar-refractivity contribution is 0.0696. The van der Waals surface area contributed by atoms with Gasteiger partial charge in [-0.3, -0.25) is 10.0 Å². The van der Waals surface area contributed by atoms with Crippen molar-refractivity contribution in [2.24, 2.45) is 0 Å². The summed E-state index contributed by atoms with van der Waals surface area (Å²) in [6.45, 7) is 0. The van der Waals surface area contributed by atoms with Gasteiger partial charge in [0.2, 0.25) is 0 Å². The van der Waals surface area contributed by atoms with Crippen LogP contribution in [0.3, 0.4) is 0 Å². The molecule has 1 aromatic carbocycles. The average molecular weight is 197 g/mol. The summed E-state index contributed by atoms with van der Waals surface area (Å²) in [7, 11) is 0. The Kier molecular flexibility index (Phi) is 2.68. The van der Waals surface area contributed by atoms with Crippen molar-refractivity contribution in [1.29, 1.82) is 0 Å². The Hall–Kier alpha value is -2.08. The van der Waals surface area contributed by atoms with Crippen LogP contribution in [0.15, 0.2) is 18.2 Å². The molecule has 1 aromatic rings. The Bertz CT molecular complexity index is 387. The standard InChI is InChI=1S/C8H7NO5/c10-6-2-1-4(8(12)13)3-5(6)7(11)9-14/h1-3,10,14H,(H,9,11)(H,12,13). The van der Waals surface area contributed by atoms with Crippen LogP contribution in [0.2, 0.25) is 0 Å². The van der Waals surface area contributed by atoms with Crippen LogP contribution in [0.5, 0.6) is 5.75 Å². The second kappa shape index (κ2) is 3.75. The number of aromatic carboxylic acids is 1. The van der Waals surface area contributed by atoms with Crippen LogP contribution < -0.4 is 5.48 Å². The zero-order chi connectivity index (χ0) is 10.7. The molecule has 6 heteroatoms. The third-order valence-electron chi connectivity index (χ3n) is 1.59. The van der Waals surface area contributed by atoms with Gasteiger partial charge in [-0.1, -0.05) is 0 Å². The highest BCUT2D eigenvalue weighted by atomic mass is 16.5. The Morgan fingerprint density at radius 3 is 2.43 bits per heavy atom. The van der Waals surface area contributed by atoms with Gasteiger partial charge in [-0.2, -0.15) is 0 Å². The molecule has 14 heavy (non-hydrogen) atoms. The number of carboxylic acids is 1. The SMILES string of the molecule is O=C(O)c1ccc(O)c(C(=O)NO)c1. The van der Waals surface area contributed by atoms with Gasteiger partial charge < -0.3 is 10.2 Å². The molecule has 0 bridgehead atoms. The van der Waals surface area contributed by atoms with E-state index in [0.717, 1.165) is 18.2 Å². The molecule has 0 aliphatic carbocycles. The first-order valence-corrected chi connectivity index (χ1v) is 3.57. The predicted molar refractivity (Wildman–Crippen MR) is 44.3 cm³/mol. The number of nitrogens with one attached hydrogen (secondary N) is 1. The van der Waals surface area contributed by atoms with Gasteiger partial charge in [0.15, 0.2) is 0 Å². The number of benzene rings is 1. The van der Waals surface area contributed by atoms with Crippen LogP contribution >= 0.6 is 0 Å². The molecule has 1 rings (SSSR count). The lowest BCUT2D eigenvalue weighted by Crippen LogP contribution is -2.19. The number of hydroxylamine groups is 1. The van der Waals surface area contributed by atoms with Crippen molar-refractivity contribution in [2.45, 2.75) is 0 Å². The minimum atomic E-state index is -1.23. The summed E-state index contributed by atoms with van der Waals surface area (Å²) in [5.41, 5.74) is 0.846. The van der Waals surface area contributed by atoms with E-state index < -0.39 is 17.6 Å². The molecular weight excluding hydrogens is 190 g/mol. The number of carboxylic acid groups (broad SMARTS) is 1. The van der Waals surface area contributed by atoms with Crippen LogP contribution in [-0.2, 0) is 0 Å². The molecule has 0 radical (unpaired) electrons. The lowest BCUT2D eigenvalue weighted by Gasteiger charge is -2.02. The molecule has 0 unspecified atom stereocenters. The Morgan fingerprint density at radius 1 is 1.29 bits per heavy atom. The molecule has 74 valence electrons. The van der Waals surface area contributed by atoms with Gasteiger partial charge in [-0.05, 0) is 18.2 Å². The summed E-state index contributed by atoms with van der Waals surface area (Å²) in [6.07, 6.45) is 0. The Balaban J connectivity index is 3.21. The van der Waals surface area contributed by atoms with E-state index in [9.17, 15) is 9.59 Å². The highest BCUT2D eigenvalue weighted by Crippen LogP contribution is 2.18. The maximum Gasteiger partial charge on any atom is 0.335 e. The zero-order valence-electron chi connectivity index (χ0n) is 6.89. The van der Waals surface area contributed by atoms with Gasteiger partial charge in [-0.25, -0.2) is 10.3 Å². The second-order valence-electron chi connectivity index (χ2n) is 2.48. The number of phenolic OH excluding ortho intramolecular Hbond substituents is 1. The number of amides is 1. The molecule has 6 nitrogen and oxygen atoms in total. The summed E-state index contributed by atoms with van der Waals surface area (Å²) < 4.78 is 0. The summed E-state index contributed by atoms with van der Waals surface area (Å²) in [5.74, 6) is -2.59. The number of carbonyl (C=O) groups excluding carboxylic acids is 1. The monoisotopic (exact) mass is 197 g/mol. The van der Waals surface area contributed by atoms with Crippen LogP contribution in [-0.4, -0.2) is 27.3 Å². The highest BCUT2D eigenvalue weighted by molar-refractivity contribution is 5.99. The molecule has 1 amide bonds. The first kappa shape index (κ1) is 10.0. The molecule has 0 atom stereocenters. The Labute approximate surface area is 78.4 Å². The van der Waals surface area contributed by atoms with Crippen LogP contribution in [0.4, 0.5) is 0 Å². The fraction of sp³-hybridized carbons (Fsp3) is 0. The molecule has 0 saturated heterocycles. The molecule has 0 spiro atoms. The number of hydrogen-bond donors (Lipinski definition) is 4. The van der Waals surface area contributed by atoms with Crippen molar-refractivity contribution in [3.05, 3.63) is 29.3 Å². The summed E-state index contributed by atoms with van der Waals surface area (Å²) >= 11 is 0. The van der Waals surface area contributed by atoms with E-state index in [-0.39, 0.29) is 11.1 Å². The first-order chi connectivity index (χ1) is 6.56. The minimum absolute atomic E-state index is 0.151. The summed E-state index contributed by atoms with van der Waals surface area (Å²) in [5, 5.41) is 26.0. The minimum Gasteiger partial charge on any atom is -0.507 e. The van der Waals surface area contributed by atoms with Crippen LogP contribution in [0.1, 0.15) is 20.7 Å². The van der Waals surface area contributed by atoms with E-state index >= 15 is 0 Å². The van der Waals surface area contributed by atoms with E-state index in [1.54, 1.807) is 0 Å². The highest BCUT2D eigenvalue weighted by Gasteiger charge is 2.13. The van der Waals surface area contributed by atoms with Crippen molar-refractivity contribution >= 4 is 11.9 Å². The molecule has 0 saturated carbocycles. The molecule has 4 N–H and O–H groups in total. The maximum atomic E-state index is 10.9. The van der Waals surface area contributed by atoms with Crippen LogP contribution in [0, 0.1) is 0 Å². The smallest absolute Gasteiger partial charge is 0.335 e. The number of hydrogen-bond acceptors (Lipinski definition) is 4. The van der Waals surface area contributed by atoms with E-state index in [4.69, 9.17) is 15.4 Å². The maximum absolute atomic E-state index is 10.9. The average Bonchev–Trinajstić information content (AvgIpc) is 2.17. The quantitative estimate of drug-likeness (QED) is 0.400. The van der Waals surface area contributed by atoms with E-state index in [1.807, 2.05) is 0 Å². The molecule has 0 aliphatic rings. The van der Waals surface area contributed by atoms with E-state index in [2.05, 4.69) is 0 Å². The fourth-order valence-corrected chi connectivity index (χ4v) is 0.911. The number of phenols is 1. The van der Waals surface area contributed by atoms with Crippen molar-refractivity contribution < 1.29 is 25.0 Å². The molecular formula is C8H7NO5. The molecule has 0 aliphatic heterocycles. The number of rotatable bonds is 2. The van der Waals surface area contributed by atoms with E-state index in [1.165, 1.54) is 5.48 Å². The second-order valence-corrected chi connectivity index (χ2v) is 2.48. The van der Waals surface area contributed by atoms with Crippen molar-refractivity contribution in [3.63, 3.8) is 0 Å². The number of carbonyl (C=O) groups is 2. The van der Waals surface area contributed by atoms with Crippen molar-refractivity contribution in [2.75, 3.05) is 0 Å². The van der Waals surface area contributed by atoms with E-state index in [0.29, 0.717) is 0 Å². The zero-order valence-corrected chi connectivity index (χ0v) is 6.89. The van der Waals surface area contributed by atoms with Crippen molar-refractivity contribution in [3.8, 4) is 5.75 Å². The van der Waals surface area contributed by atoms with Gasteiger partial charge >= 0.3 is 5.97 Å². The van der Waals surface area contributed by atoms with Crippen LogP contribution in [0.25, 0.3) is 0 Å². The van der Waals surface area contributed by atoms with Gasteiger partial charge in [0, 0.05) is 0 Å². The van der Waals surface area contributed by atoms with Gasteiger partial charge in [0.05, 0.1) is 11.1 Å². The third-order valence-corrected chi connectivity index (χ3v) is 1.59. The number of aromatic hydroxyl groups is 1. The van der Waals surface area contributed by atoms with Gasteiger partial charge in [0.1, 0.15) is 5.75 Å². The van der Waals surface area contributed by atoms with Crippen molar-refractivity contribution in [1.82, 2.24) is 5.48 Å². The molecule has 0 fully saturated rings. The first-order valence-electron chi connectivity index (χ1n) is 3.57. The molecule has 0 heterocycles. The normalized spacial score (nSPS) is 9.50. The lowest BCUT2D eigenvalue weighted by atomic mass is 10.1. The fourth-order valence-electron chi connectivity index (χ4n) is 0.911. The van der Waals surface area contributed by atoms with Gasteiger partial charge in [-0.15, -0.1) is 0 Å². The topological polar surface area (TPSA) is 107 Å². The largest absolute Gasteiger partial charge is 0.507 e. The molecule has 0 aromatic heterocycles. The summed E-state index contributed by atoms with van der Waals surface area (Å²) in [6, 6.07) is 3.17. The Morgan fingerprint density at radius 2 is 1.93 bits per heavy atom. The van der Waals surface area contributed by atoms with Gasteiger partial charge in [0.25, 0.3) is 5.91 Å². The third kappa shape index (κ3) is 1.80. The summed E-state index contributed by atoms with van der Waals surface area (Å²) in [4.78, 5) is 21.4. The predicted octanol–water partition coefficient (Wildman–Crippen LogP) is 0.209.